The molecular formula is C19H21N5O4. The molecular weight excluding hydrogens is 362 g/mol. The Labute approximate surface area is 162 Å². The van der Waals surface area contributed by atoms with Gasteiger partial charge in [-0.15, -0.1) is 0 Å². The molecule has 2 N–H and O–H groups in total. The quantitative estimate of drug-likeness (QED) is 0.752. The number of rotatable bonds is 6. The molecule has 3 rings (SSSR count). The molecule has 2 amide bonds. The van der Waals surface area contributed by atoms with Crippen molar-refractivity contribution in [2.75, 3.05) is 37.6 Å². The maximum atomic E-state index is 12.3. The van der Waals surface area contributed by atoms with E-state index in [0.717, 1.165) is 0 Å². The van der Waals surface area contributed by atoms with E-state index in [1.165, 1.54) is 24.3 Å². The van der Waals surface area contributed by atoms with Crippen LogP contribution in [-0.2, 0) is 4.79 Å². The largest absolute Gasteiger partial charge is 0.478 e. The molecule has 2 heterocycles. The van der Waals surface area contributed by atoms with Crippen molar-refractivity contribution in [2.24, 2.45) is 0 Å². The summed E-state index contributed by atoms with van der Waals surface area (Å²) in [6, 6.07) is 7.54. The monoisotopic (exact) mass is 383 g/mol. The zero-order valence-corrected chi connectivity index (χ0v) is 15.2. The highest BCUT2D eigenvalue weighted by atomic mass is 16.4. The number of hydrogen-bond acceptors (Lipinski definition) is 6. The van der Waals surface area contributed by atoms with E-state index in [9.17, 15) is 14.4 Å². The van der Waals surface area contributed by atoms with Gasteiger partial charge in [-0.05, 0) is 24.3 Å². The summed E-state index contributed by atoms with van der Waals surface area (Å²) in [5.41, 5.74) is 0.299. The van der Waals surface area contributed by atoms with Gasteiger partial charge >= 0.3 is 5.97 Å². The molecule has 0 radical (unpaired) electrons. The van der Waals surface area contributed by atoms with Crippen LogP contribution in [0.4, 0.5) is 5.95 Å². The Kier molecular flexibility index (Phi) is 6.15. The number of carbonyl (C=O) groups is 3. The molecule has 0 bridgehead atoms. The first-order valence-electron chi connectivity index (χ1n) is 8.96. The smallest absolute Gasteiger partial charge is 0.335 e. The third-order valence-corrected chi connectivity index (χ3v) is 4.46. The Morgan fingerprint density at radius 3 is 2.36 bits per heavy atom. The molecule has 1 aliphatic heterocycles. The predicted octanol–water partition coefficient (Wildman–Crippen LogP) is 0.643. The summed E-state index contributed by atoms with van der Waals surface area (Å²) < 4.78 is 0. The Bertz CT molecular complexity index is 850. The van der Waals surface area contributed by atoms with Crippen LogP contribution < -0.4 is 10.2 Å². The van der Waals surface area contributed by atoms with Crippen LogP contribution in [-0.4, -0.2) is 70.5 Å². The summed E-state index contributed by atoms with van der Waals surface area (Å²) in [4.78, 5) is 47.7. The van der Waals surface area contributed by atoms with Crippen molar-refractivity contribution in [2.45, 2.75) is 6.42 Å². The number of hydrogen-bond donors (Lipinski definition) is 2. The molecule has 146 valence electrons. The highest BCUT2D eigenvalue weighted by molar-refractivity contribution is 5.97. The van der Waals surface area contributed by atoms with Gasteiger partial charge in [0.1, 0.15) is 0 Å². The maximum absolute atomic E-state index is 12.3. The lowest BCUT2D eigenvalue weighted by Gasteiger charge is -2.34. The first-order valence-corrected chi connectivity index (χ1v) is 8.96. The van der Waals surface area contributed by atoms with Gasteiger partial charge < -0.3 is 20.2 Å². The van der Waals surface area contributed by atoms with E-state index in [4.69, 9.17) is 5.11 Å². The van der Waals surface area contributed by atoms with Crippen LogP contribution in [0.25, 0.3) is 0 Å². The number of amides is 2. The molecule has 9 heteroatoms. The Balaban J connectivity index is 1.43. The summed E-state index contributed by atoms with van der Waals surface area (Å²) in [6.45, 7) is 2.66. The number of carbonyl (C=O) groups excluding carboxylic acids is 2. The summed E-state index contributed by atoms with van der Waals surface area (Å²) in [7, 11) is 0. The van der Waals surface area contributed by atoms with E-state index in [0.29, 0.717) is 32.1 Å². The molecule has 1 saturated heterocycles. The van der Waals surface area contributed by atoms with E-state index in [-0.39, 0.29) is 30.0 Å². The molecule has 1 fully saturated rings. The number of nitrogens with one attached hydrogen (secondary N) is 1. The molecule has 0 saturated carbocycles. The molecule has 0 atom stereocenters. The van der Waals surface area contributed by atoms with Crippen LogP contribution in [0.1, 0.15) is 27.1 Å². The lowest BCUT2D eigenvalue weighted by molar-refractivity contribution is -0.131. The second-order valence-corrected chi connectivity index (χ2v) is 6.31. The summed E-state index contributed by atoms with van der Waals surface area (Å²) in [5, 5.41) is 11.6. The SMILES string of the molecule is O=C(O)c1cccc(C(=O)NCCC(=O)N2CCN(c3ncccn3)CC2)c1. The first kappa shape index (κ1) is 19.3. The number of nitrogens with zero attached hydrogens (tertiary/aromatic N) is 4. The Morgan fingerprint density at radius 1 is 1.00 bits per heavy atom. The van der Waals surface area contributed by atoms with Crippen LogP contribution in [0.5, 0.6) is 0 Å². The van der Waals surface area contributed by atoms with Crippen LogP contribution in [0, 0.1) is 0 Å². The van der Waals surface area contributed by atoms with Gasteiger partial charge in [-0.3, -0.25) is 9.59 Å². The van der Waals surface area contributed by atoms with E-state index in [1.54, 1.807) is 23.4 Å². The van der Waals surface area contributed by atoms with Crippen LogP contribution >= 0.6 is 0 Å². The van der Waals surface area contributed by atoms with Crippen molar-refractivity contribution in [3.63, 3.8) is 0 Å². The number of anilines is 1. The second kappa shape index (κ2) is 8.94. The van der Waals surface area contributed by atoms with E-state index in [1.807, 2.05) is 4.90 Å². The van der Waals surface area contributed by atoms with Crippen molar-refractivity contribution in [3.8, 4) is 0 Å². The zero-order chi connectivity index (χ0) is 19.9. The highest BCUT2D eigenvalue weighted by Gasteiger charge is 2.22. The third-order valence-electron chi connectivity index (χ3n) is 4.46. The normalized spacial score (nSPS) is 13.9. The summed E-state index contributed by atoms with van der Waals surface area (Å²) in [5.74, 6) is -0.870. The van der Waals surface area contributed by atoms with E-state index in [2.05, 4.69) is 15.3 Å². The van der Waals surface area contributed by atoms with Crippen molar-refractivity contribution in [1.82, 2.24) is 20.2 Å². The van der Waals surface area contributed by atoms with E-state index < -0.39 is 11.9 Å². The lowest BCUT2D eigenvalue weighted by atomic mass is 10.1. The standard InChI is InChI=1S/C19H21N5O4/c25-16(23-9-11-24(12-10-23)19-21-6-2-7-22-19)5-8-20-17(26)14-3-1-4-15(13-14)18(27)28/h1-4,6-7,13H,5,8-12H2,(H,20,26)(H,27,28). The number of carboxylic acids is 1. The molecule has 0 spiro atoms. The molecule has 2 aromatic rings. The third kappa shape index (κ3) is 4.81. The van der Waals surface area contributed by atoms with Gasteiger partial charge in [0.15, 0.2) is 0 Å². The van der Waals surface area contributed by atoms with Gasteiger partial charge in [-0.25, -0.2) is 14.8 Å². The first-order chi connectivity index (χ1) is 13.5. The maximum Gasteiger partial charge on any atom is 0.335 e. The van der Waals surface area contributed by atoms with Crippen LogP contribution in [0.3, 0.4) is 0 Å². The van der Waals surface area contributed by atoms with Gasteiger partial charge in [0, 0.05) is 57.1 Å². The molecule has 28 heavy (non-hydrogen) atoms. The number of aromatic nitrogens is 2. The average Bonchev–Trinajstić information content (AvgIpc) is 2.74. The fraction of sp³-hybridized carbons (Fsp3) is 0.316. The molecule has 9 nitrogen and oxygen atoms in total. The van der Waals surface area contributed by atoms with Crippen molar-refractivity contribution in [1.29, 1.82) is 0 Å². The van der Waals surface area contributed by atoms with E-state index >= 15 is 0 Å². The topological polar surface area (TPSA) is 116 Å². The molecule has 0 aliphatic carbocycles. The van der Waals surface area contributed by atoms with Gasteiger partial charge in [-0.2, -0.15) is 0 Å². The Hall–Kier alpha value is -3.49. The highest BCUT2D eigenvalue weighted by Crippen LogP contribution is 2.10. The van der Waals surface area contributed by atoms with Crippen molar-refractivity contribution >= 4 is 23.7 Å². The average molecular weight is 383 g/mol. The van der Waals surface area contributed by atoms with Gasteiger partial charge in [-0.1, -0.05) is 6.07 Å². The number of carboxylic acid groups (broad SMARTS) is 1. The van der Waals surface area contributed by atoms with Crippen molar-refractivity contribution < 1.29 is 19.5 Å². The van der Waals surface area contributed by atoms with Crippen LogP contribution in [0.2, 0.25) is 0 Å². The molecule has 1 aromatic carbocycles. The fourth-order valence-electron chi connectivity index (χ4n) is 2.95. The van der Waals surface area contributed by atoms with Crippen LogP contribution in [0.15, 0.2) is 42.7 Å². The minimum absolute atomic E-state index is 0.0341. The second-order valence-electron chi connectivity index (χ2n) is 6.31. The lowest BCUT2D eigenvalue weighted by Crippen LogP contribution is -2.49. The van der Waals surface area contributed by atoms with Crippen molar-refractivity contribution in [3.05, 3.63) is 53.9 Å². The summed E-state index contributed by atoms with van der Waals surface area (Å²) >= 11 is 0. The molecule has 1 aliphatic rings. The predicted molar refractivity (Wildman–Crippen MR) is 101 cm³/mol. The minimum atomic E-state index is -1.09. The fourth-order valence-corrected chi connectivity index (χ4v) is 2.95. The van der Waals surface area contributed by atoms with Gasteiger partial charge in [0.2, 0.25) is 11.9 Å². The number of benzene rings is 1. The zero-order valence-electron chi connectivity index (χ0n) is 15.2. The molecule has 1 aromatic heterocycles. The van der Waals surface area contributed by atoms with Gasteiger partial charge in [0.05, 0.1) is 5.56 Å². The summed E-state index contributed by atoms with van der Waals surface area (Å²) in [6.07, 6.45) is 3.57. The number of piperazine rings is 1. The van der Waals surface area contributed by atoms with Gasteiger partial charge in [0.25, 0.3) is 5.91 Å². The molecule has 0 unspecified atom stereocenters. The number of aromatic carboxylic acids is 1. The Morgan fingerprint density at radius 2 is 1.68 bits per heavy atom. The minimum Gasteiger partial charge on any atom is -0.478 e.